The number of benzene rings is 1. The Morgan fingerprint density at radius 1 is 0.917 bits per heavy atom. The van der Waals surface area contributed by atoms with Crippen LogP contribution in [0.1, 0.15) is 0 Å². The molecule has 3 rings (SSSR count). The quantitative estimate of drug-likeness (QED) is 0.367. The number of rotatable bonds is 2. The van der Waals surface area contributed by atoms with Crippen molar-refractivity contribution in [1.82, 2.24) is 0 Å². The molecule has 24 heavy (non-hydrogen) atoms. The van der Waals surface area contributed by atoms with E-state index in [0.717, 1.165) is 24.1 Å². The van der Waals surface area contributed by atoms with Crippen molar-refractivity contribution < 1.29 is 25.8 Å². The largest absolute Gasteiger partial charge is 2.00 e. The molecule has 0 aliphatic heterocycles. The molecule has 120 valence electrons. The van der Waals surface area contributed by atoms with Crippen LogP contribution in [-0.2, 0) is 17.1 Å². The van der Waals surface area contributed by atoms with Gasteiger partial charge in [0.25, 0.3) is 0 Å². The molecule has 0 heterocycles. The van der Waals surface area contributed by atoms with Crippen LogP contribution >= 0.6 is 0 Å². The molecule has 0 unspecified atom stereocenters. The third-order valence-corrected chi connectivity index (χ3v) is 2.68. The molecular weight excluding hydrogens is 350 g/mol. The molecule has 1 aromatic rings. The maximum Gasteiger partial charge on any atom is 2.00 e. The van der Waals surface area contributed by atoms with Gasteiger partial charge in [-0.25, -0.2) is 8.78 Å². The Balaban J connectivity index is 0.000000412. The summed E-state index contributed by atoms with van der Waals surface area (Å²) in [4.78, 5) is 0. The van der Waals surface area contributed by atoms with E-state index in [1.807, 2.05) is 57.8 Å². The normalized spacial score (nSPS) is 16.8. The smallest absolute Gasteiger partial charge is 0.275 e. The maximum atomic E-state index is 13.2. The molecule has 0 bridgehead atoms. The second-order valence-corrected chi connectivity index (χ2v) is 4.40. The minimum absolute atomic E-state index is 0. The van der Waals surface area contributed by atoms with Gasteiger partial charge in [0, 0.05) is 6.07 Å². The second-order valence-electron chi connectivity index (χ2n) is 4.40. The topological polar surface area (TPSA) is 24.4 Å². The van der Waals surface area contributed by atoms with Gasteiger partial charge in [-0.2, -0.15) is 5.10 Å². The molecule has 0 aromatic heterocycles. The fourth-order valence-electron chi connectivity index (χ4n) is 1.61. The predicted molar refractivity (Wildman–Crippen MR) is 88.2 cm³/mol. The number of nitrogens with zero attached hydrogens (tertiary/aromatic N) is 1. The van der Waals surface area contributed by atoms with Gasteiger partial charge in [-0.1, -0.05) is 11.8 Å². The van der Waals surface area contributed by atoms with Gasteiger partial charge in [0.2, 0.25) is 0 Å². The van der Waals surface area contributed by atoms with Gasteiger partial charge in [0.1, 0.15) is 11.6 Å². The summed E-state index contributed by atoms with van der Waals surface area (Å²) in [6.45, 7) is 0. The summed E-state index contributed by atoms with van der Waals surface area (Å²) >= 11 is 0. The van der Waals surface area contributed by atoms with Crippen molar-refractivity contribution in [1.29, 1.82) is 0 Å². The summed E-state index contributed by atoms with van der Waals surface area (Å²) in [5.41, 5.74) is 2.36. The van der Waals surface area contributed by atoms with E-state index in [-0.39, 0.29) is 22.8 Å². The summed E-state index contributed by atoms with van der Waals surface area (Å²) in [5, 5.41) is 3.69. The molecule has 2 saturated carbocycles. The van der Waals surface area contributed by atoms with Crippen LogP contribution in [0.4, 0.5) is 14.5 Å². The van der Waals surface area contributed by atoms with Crippen LogP contribution in [-0.4, -0.2) is 6.21 Å². The summed E-state index contributed by atoms with van der Waals surface area (Å²) in [5.74, 6) is 5.27. The maximum absolute atomic E-state index is 13.2. The van der Waals surface area contributed by atoms with Crippen LogP contribution < -0.4 is 5.43 Å². The monoisotopic (exact) mass is 364 g/mol. The molecular formula is C19H14F2FeN2+2. The third kappa shape index (κ3) is 7.95. The van der Waals surface area contributed by atoms with E-state index in [1.54, 1.807) is 0 Å². The third-order valence-electron chi connectivity index (χ3n) is 2.68. The van der Waals surface area contributed by atoms with Gasteiger partial charge >= 0.3 is 17.1 Å². The average Bonchev–Trinajstić information content (AvgIpc) is 3.25. The summed E-state index contributed by atoms with van der Waals surface area (Å²) in [6.07, 6.45) is 18.8. The van der Waals surface area contributed by atoms with E-state index in [4.69, 9.17) is 0 Å². The molecule has 10 radical (unpaired) electrons. The molecule has 0 saturated heterocycles. The molecule has 1 N–H and O–H groups in total. The van der Waals surface area contributed by atoms with E-state index >= 15 is 0 Å². The molecule has 0 amide bonds. The fourth-order valence-corrected chi connectivity index (χ4v) is 1.61. The zero-order chi connectivity index (χ0) is 16.3. The van der Waals surface area contributed by atoms with Crippen molar-refractivity contribution in [3.63, 3.8) is 0 Å². The minimum Gasteiger partial charge on any atom is -0.275 e. The Bertz CT molecular complexity index is 561. The Labute approximate surface area is 154 Å². The first kappa shape index (κ1) is 20.7. The van der Waals surface area contributed by atoms with Gasteiger partial charge in [-0.15, -0.1) is 0 Å². The van der Waals surface area contributed by atoms with E-state index in [0.29, 0.717) is 0 Å². The fraction of sp³-hybridized carbons (Fsp3) is 0. The molecule has 2 aliphatic rings. The van der Waals surface area contributed by atoms with E-state index in [9.17, 15) is 8.78 Å². The number of anilines is 1. The Kier molecular flexibility index (Phi) is 10.4. The zero-order valence-electron chi connectivity index (χ0n) is 12.6. The van der Waals surface area contributed by atoms with Crippen molar-refractivity contribution in [3.05, 3.63) is 93.5 Å². The first-order valence-electron chi connectivity index (χ1n) is 6.88. The van der Waals surface area contributed by atoms with Crippen molar-refractivity contribution in [3.8, 4) is 11.8 Å². The zero-order valence-corrected chi connectivity index (χ0v) is 13.7. The standard InChI is InChI=1S/C14H9F2N2.C5H5.Fe/c15-12-7-8-13(16)14(10-12)18-17-9-3-6-11-4-1-2-5-11;1-2-4-5-3-1;/h1-2,4-5,7-10,18H;1-5H;/q;;+2/b17-9-;;. The van der Waals surface area contributed by atoms with E-state index in [2.05, 4.69) is 22.4 Å². The Hall–Kier alpha value is -1.37. The van der Waals surface area contributed by atoms with Gasteiger partial charge in [0.05, 0.1) is 17.8 Å². The number of hydrazone groups is 1. The van der Waals surface area contributed by atoms with Crippen LogP contribution in [0.2, 0.25) is 0 Å². The first-order valence-corrected chi connectivity index (χ1v) is 6.88. The molecule has 5 heteroatoms. The van der Waals surface area contributed by atoms with Crippen molar-refractivity contribution in [2.75, 3.05) is 5.43 Å². The number of nitrogens with one attached hydrogen (secondary N) is 1. The van der Waals surface area contributed by atoms with Gasteiger partial charge in [-0.3, -0.25) is 5.43 Å². The molecule has 1 aromatic carbocycles. The van der Waals surface area contributed by atoms with E-state index in [1.165, 1.54) is 6.21 Å². The minimum atomic E-state index is -0.572. The number of hydrogen-bond donors (Lipinski definition) is 1. The van der Waals surface area contributed by atoms with Crippen LogP contribution in [0, 0.1) is 87.2 Å². The van der Waals surface area contributed by atoms with Crippen LogP contribution in [0.3, 0.4) is 0 Å². The van der Waals surface area contributed by atoms with E-state index < -0.39 is 11.6 Å². The van der Waals surface area contributed by atoms with Crippen LogP contribution in [0.25, 0.3) is 0 Å². The number of halogens is 2. The molecule has 2 nitrogen and oxygen atoms in total. The molecule has 2 fully saturated rings. The summed E-state index contributed by atoms with van der Waals surface area (Å²) in [6, 6.07) is 3.10. The first-order chi connectivity index (χ1) is 11.3. The van der Waals surface area contributed by atoms with Crippen molar-refractivity contribution in [2.24, 2.45) is 5.10 Å². The van der Waals surface area contributed by atoms with Crippen LogP contribution in [0.15, 0.2) is 23.3 Å². The Morgan fingerprint density at radius 3 is 2.17 bits per heavy atom. The second kappa shape index (κ2) is 12.1. The molecule has 0 atom stereocenters. The van der Waals surface area contributed by atoms with Gasteiger partial charge in [0.15, 0.2) is 0 Å². The molecule has 2 aliphatic carbocycles. The predicted octanol–water partition coefficient (Wildman–Crippen LogP) is 3.79. The Morgan fingerprint density at radius 2 is 1.54 bits per heavy atom. The summed E-state index contributed by atoms with van der Waals surface area (Å²) in [7, 11) is 0. The van der Waals surface area contributed by atoms with Crippen LogP contribution in [0.5, 0.6) is 0 Å². The average molecular weight is 364 g/mol. The van der Waals surface area contributed by atoms with Crippen molar-refractivity contribution in [2.45, 2.75) is 0 Å². The van der Waals surface area contributed by atoms with Gasteiger partial charge in [-0.05, 0) is 69.9 Å². The molecule has 0 spiro atoms. The SMILES string of the molecule is Fc1ccc(F)c(N/N=C\C#C[C]2[CH][CH][CH][CH]2)c1.[CH]1[CH][CH][CH][CH]1.[Fe+2]. The number of hydrogen-bond acceptors (Lipinski definition) is 2. The van der Waals surface area contributed by atoms with Crippen molar-refractivity contribution >= 4 is 11.9 Å². The summed E-state index contributed by atoms with van der Waals surface area (Å²) < 4.78 is 26.0. The van der Waals surface area contributed by atoms with Gasteiger partial charge < -0.3 is 0 Å².